The van der Waals surface area contributed by atoms with Crippen molar-refractivity contribution in [3.8, 4) is 5.75 Å². The number of benzene rings is 2. The normalized spacial score (nSPS) is 22.3. The molecule has 158 valence electrons. The van der Waals surface area contributed by atoms with Crippen molar-refractivity contribution in [2.45, 2.75) is 25.5 Å². The minimum Gasteiger partial charge on any atom is -0.493 e. The zero-order valence-corrected chi connectivity index (χ0v) is 16.8. The highest BCUT2D eigenvalue weighted by Crippen LogP contribution is 2.32. The van der Waals surface area contributed by atoms with E-state index in [-0.39, 0.29) is 12.4 Å². The predicted octanol–water partition coefficient (Wildman–Crippen LogP) is 3.44. The molecule has 2 saturated heterocycles. The number of hydrogen-bond acceptors (Lipinski definition) is 6. The molecule has 2 fully saturated rings. The van der Waals surface area contributed by atoms with Crippen LogP contribution in [0.3, 0.4) is 0 Å². The van der Waals surface area contributed by atoms with Crippen LogP contribution in [0.1, 0.15) is 18.4 Å². The summed E-state index contributed by atoms with van der Waals surface area (Å²) in [6.07, 6.45) is 2.22. The second-order valence-electron chi connectivity index (χ2n) is 8.30. The van der Waals surface area contributed by atoms with Crippen LogP contribution in [0.4, 0.5) is 10.2 Å². The van der Waals surface area contributed by atoms with Gasteiger partial charge in [-0.2, -0.15) is 0 Å². The van der Waals surface area contributed by atoms with Crippen molar-refractivity contribution in [3.05, 3.63) is 53.8 Å². The predicted molar refractivity (Wildman–Crippen MR) is 112 cm³/mol. The Kier molecular flexibility index (Phi) is 5.31. The van der Waals surface area contributed by atoms with Crippen molar-refractivity contribution >= 4 is 16.8 Å². The van der Waals surface area contributed by atoms with Gasteiger partial charge in [-0.1, -0.05) is 17.3 Å². The Hall–Kier alpha value is -2.64. The van der Waals surface area contributed by atoms with E-state index in [2.05, 4.69) is 15.0 Å². The Morgan fingerprint density at radius 1 is 1.13 bits per heavy atom. The zero-order chi connectivity index (χ0) is 20.5. The summed E-state index contributed by atoms with van der Waals surface area (Å²) < 4.78 is 25.1. The Bertz CT molecular complexity index is 1020. The van der Waals surface area contributed by atoms with Crippen LogP contribution in [0.2, 0.25) is 0 Å². The number of nitrogens with zero attached hydrogens (tertiary/aromatic N) is 3. The molecule has 2 aromatic carbocycles. The van der Waals surface area contributed by atoms with E-state index in [9.17, 15) is 9.50 Å². The lowest BCUT2D eigenvalue weighted by Crippen LogP contribution is -2.57. The van der Waals surface area contributed by atoms with E-state index in [1.54, 1.807) is 6.07 Å². The van der Waals surface area contributed by atoms with Gasteiger partial charge >= 0.3 is 0 Å². The Morgan fingerprint density at radius 2 is 2.07 bits per heavy atom. The van der Waals surface area contributed by atoms with Crippen molar-refractivity contribution in [3.63, 3.8) is 0 Å². The van der Waals surface area contributed by atoms with E-state index in [1.165, 1.54) is 12.1 Å². The van der Waals surface area contributed by atoms with Crippen LogP contribution < -0.4 is 9.64 Å². The number of anilines is 1. The third-order valence-corrected chi connectivity index (χ3v) is 6.28. The van der Waals surface area contributed by atoms with E-state index in [0.29, 0.717) is 24.1 Å². The molecule has 1 N–H and O–H groups in total. The highest BCUT2D eigenvalue weighted by atomic mass is 19.1. The number of hydrogen-bond donors (Lipinski definition) is 1. The molecule has 3 aromatic rings. The summed E-state index contributed by atoms with van der Waals surface area (Å²) in [6.45, 7) is 4.41. The standard InChI is InChI=1S/C23H26FN3O3/c24-18-5-7-22-21(11-18)23(25-30-22)27-9-8-26-12-17(4-6-19(26)13-27)15-29-20-3-1-2-16(10-20)14-28/h1-3,5,7,10-11,17,19,28H,4,6,8-9,12-15H2. The fourth-order valence-electron chi connectivity index (χ4n) is 4.66. The van der Waals surface area contributed by atoms with E-state index >= 15 is 0 Å². The number of aliphatic hydroxyl groups excluding tert-OH is 1. The third kappa shape index (κ3) is 3.87. The topological polar surface area (TPSA) is 62.0 Å². The van der Waals surface area contributed by atoms with E-state index in [4.69, 9.17) is 9.26 Å². The second-order valence-corrected chi connectivity index (χ2v) is 8.30. The molecule has 0 spiro atoms. The fraction of sp³-hybridized carbons (Fsp3) is 0.435. The van der Waals surface area contributed by atoms with E-state index in [1.807, 2.05) is 24.3 Å². The quantitative estimate of drug-likeness (QED) is 0.694. The highest BCUT2D eigenvalue weighted by Gasteiger charge is 2.34. The Labute approximate surface area is 174 Å². The lowest BCUT2D eigenvalue weighted by Gasteiger charge is -2.46. The lowest BCUT2D eigenvalue weighted by atomic mass is 9.91. The number of aliphatic hydroxyl groups is 1. The molecule has 30 heavy (non-hydrogen) atoms. The van der Waals surface area contributed by atoms with E-state index < -0.39 is 0 Å². The highest BCUT2D eigenvalue weighted by molar-refractivity contribution is 5.88. The summed E-state index contributed by atoms with van der Waals surface area (Å²) in [5.41, 5.74) is 1.49. The first-order chi connectivity index (χ1) is 14.7. The van der Waals surface area contributed by atoms with Gasteiger partial charge in [0.1, 0.15) is 11.6 Å². The van der Waals surface area contributed by atoms with Gasteiger partial charge in [-0.3, -0.25) is 4.90 Å². The number of piperidine rings is 1. The number of piperazine rings is 1. The molecule has 0 aliphatic carbocycles. The van der Waals surface area contributed by atoms with Crippen molar-refractivity contribution in [2.24, 2.45) is 5.92 Å². The molecule has 2 aliphatic rings. The summed E-state index contributed by atoms with van der Waals surface area (Å²) >= 11 is 0. The monoisotopic (exact) mass is 411 g/mol. The molecule has 2 unspecified atom stereocenters. The van der Waals surface area contributed by atoms with Crippen molar-refractivity contribution in [1.82, 2.24) is 10.1 Å². The molecule has 1 aromatic heterocycles. The number of rotatable bonds is 5. The van der Waals surface area contributed by atoms with E-state index in [0.717, 1.165) is 61.5 Å². The lowest BCUT2D eigenvalue weighted by molar-refractivity contribution is 0.0726. The van der Waals surface area contributed by atoms with Gasteiger partial charge in [0.25, 0.3) is 0 Å². The van der Waals surface area contributed by atoms with Crippen molar-refractivity contribution in [2.75, 3.05) is 37.7 Å². The summed E-state index contributed by atoms with van der Waals surface area (Å²) in [4.78, 5) is 4.77. The first-order valence-corrected chi connectivity index (χ1v) is 10.6. The number of halogens is 1. The van der Waals surface area contributed by atoms with Gasteiger partial charge in [-0.15, -0.1) is 0 Å². The second kappa shape index (κ2) is 8.24. The van der Waals surface area contributed by atoms with Gasteiger partial charge in [0.2, 0.25) is 0 Å². The average molecular weight is 411 g/mol. The van der Waals surface area contributed by atoms with Crippen molar-refractivity contribution < 1.29 is 18.8 Å². The molecule has 0 amide bonds. The SMILES string of the molecule is OCc1cccc(OCC2CCC3CN(c4noc5ccc(F)cc45)CCN3C2)c1. The molecule has 0 saturated carbocycles. The minimum absolute atomic E-state index is 0.0278. The number of ether oxygens (including phenoxy) is 1. The third-order valence-electron chi connectivity index (χ3n) is 6.28. The Morgan fingerprint density at radius 3 is 2.97 bits per heavy atom. The van der Waals surface area contributed by atoms with Crippen LogP contribution in [0.5, 0.6) is 5.75 Å². The summed E-state index contributed by atoms with van der Waals surface area (Å²) in [5, 5.41) is 14.2. The first-order valence-electron chi connectivity index (χ1n) is 10.6. The zero-order valence-electron chi connectivity index (χ0n) is 16.8. The van der Waals surface area contributed by atoms with Gasteiger partial charge in [-0.05, 0) is 48.7 Å². The van der Waals surface area contributed by atoms with Crippen LogP contribution >= 0.6 is 0 Å². The summed E-state index contributed by atoms with van der Waals surface area (Å²) in [7, 11) is 0. The molecule has 2 aliphatic heterocycles. The van der Waals surface area contributed by atoms with Gasteiger partial charge in [0.15, 0.2) is 11.4 Å². The van der Waals surface area contributed by atoms with Gasteiger partial charge in [-0.25, -0.2) is 4.39 Å². The first kappa shape index (κ1) is 19.3. The fourth-order valence-corrected chi connectivity index (χ4v) is 4.66. The van der Waals surface area contributed by atoms with Crippen LogP contribution in [-0.2, 0) is 6.61 Å². The number of aromatic nitrogens is 1. The maximum absolute atomic E-state index is 13.7. The summed E-state index contributed by atoms with van der Waals surface area (Å²) in [6, 6.07) is 12.7. The smallest absolute Gasteiger partial charge is 0.180 e. The molecule has 0 bridgehead atoms. The molecule has 2 atom stereocenters. The minimum atomic E-state index is -0.268. The average Bonchev–Trinajstić information content (AvgIpc) is 3.20. The van der Waals surface area contributed by atoms with Crippen LogP contribution in [0.15, 0.2) is 47.0 Å². The maximum Gasteiger partial charge on any atom is 0.180 e. The van der Waals surface area contributed by atoms with Gasteiger partial charge in [0, 0.05) is 38.1 Å². The molecule has 0 radical (unpaired) electrons. The van der Waals surface area contributed by atoms with Gasteiger partial charge in [0.05, 0.1) is 18.6 Å². The molecule has 5 rings (SSSR count). The summed E-state index contributed by atoms with van der Waals surface area (Å²) in [5.74, 6) is 1.79. The Balaban J connectivity index is 1.19. The van der Waals surface area contributed by atoms with Crippen LogP contribution in [-0.4, -0.2) is 54.0 Å². The molecular weight excluding hydrogens is 385 g/mol. The molecule has 6 nitrogen and oxygen atoms in total. The van der Waals surface area contributed by atoms with Gasteiger partial charge < -0.3 is 19.3 Å². The molecule has 7 heteroatoms. The molecular formula is C23H26FN3O3. The largest absolute Gasteiger partial charge is 0.493 e. The maximum atomic E-state index is 13.7. The van der Waals surface area contributed by atoms with Crippen LogP contribution in [0, 0.1) is 11.7 Å². The van der Waals surface area contributed by atoms with Crippen molar-refractivity contribution in [1.29, 1.82) is 0 Å². The molecule has 3 heterocycles. The number of fused-ring (bicyclic) bond motifs is 2. The van der Waals surface area contributed by atoms with Crippen LogP contribution in [0.25, 0.3) is 11.0 Å².